The van der Waals surface area contributed by atoms with Crippen LogP contribution in [0, 0.1) is 17.0 Å². The van der Waals surface area contributed by atoms with Crippen LogP contribution < -0.4 is 0 Å². The van der Waals surface area contributed by atoms with Gasteiger partial charge < -0.3 is 4.90 Å². The molecule has 108 valence electrons. The second kappa shape index (κ2) is 5.83. The normalized spacial score (nSPS) is 22.6. The molecule has 2 atom stereocenters. The molecule has 1 heterocycles. The van der Waals surface area contributed by atoms with Gasteiger partial charge in [0, 0.05) is 40.8 Å². The maximum absolute atomic E-state index is 12.5. The number of carbonyl (C=O) groups is 1. The average molecular weight is 294 g/mol. The van der Waals surface area contributed by atoms with E-state index in [4.69, 9.17) is 0 Å². The Balaban J connectivity index is 2.25. The maximum Gasteiger partial charge on any atom is 0.272 e. The number of benzene rings is 1. The number of amides is 1. The van der Waals surface area contributed by atoms with E-state index in [1.165, 1.54) is 6.07 Å². The van der Waals surface area contributed by atoms with Gasteiger partial charge in [-0.3, -0.25) is 14.9 Å². The molecule has 5 nitrogen and oxygen atoms in total. The zero-order chi connectivity index (χ0) is 14.9. The molecule has 2 rings (SSSR count). The third-order valence-electron chi connectivity index (χ3n) is 3.79. The Labute approximate surface area is 122 Å². The predicted molar refractivity (Wildman–Crippen MR) is 80.3 cm³/mol. The number of nitro groups is 1. The average Bonchev–Trinajstić information content (AvgIpc) is 2.40. The van der Waals surface area contributed by atoms with E-state index in [0.717, 1.165) is 12.3 Å². The van der Waals surface area contributed by atoms with Crippen LogP contribution in [0.2, 0.25) is 0 Å². The molecular formula is C14H18N2O3S. The zero-order valence-electron chi connectivity index (χ0n) is 11.8. The van der Waals surface area contributed by atoms with Gasteiger partial charge in [-0.05, 0) is 26.0 Å². The highest BCUT2D eigenvalue weighted by Gasteiger charge is 2.29. The zero-order valence-corrected chi connectivity index (χ0v) is 12.6. The highest BCUT2D eigenvalue weighted by molar-refractivity contribution is 8.00. The van der Waals surface area contributed by atoms with Crippen LogP contribution in [0.15, 0.2) is 18.2 Å². The first-order valence-electron chi connectivity index (χ1n) is 6.59. The van der Waals surface area contributed by atoms with Crippen molar-refractivity contribution in [3.8, 4) is 0 Å². The molecule has 1 aromatic carbocycles. The first kappa shape index (κ1) is 14.8. The van der Waals surface area contributed by atoms with E-state index in [1.807, 2.05) is 23.6 Å². The Kier molecular flexibility index (Phi) is 4.32. The summed E-state index contributed by atoms with van der Waals surface area (Å²) in [5.41, 5.74) is 1.10. The Hall–Kier alpha value is -1.56. The Morgan fingerprint density at radius 2 is 2.15 bits per heavy atom. The van der Waals surface area contributed by atoms with Crippen molar-refractivity contribution < 1.29 is 9.72 Å². The maximum atomic E-state index is 12.5. The van der Waals surface area contributed by atoms with Crippen LogP contribution in [-0.4, -0.2) is 39.3 Å². The SMILES string of the molecule is Cc1cc(C(=O)N2CCSC(C)C2C)ccc1[N+](=O)[O-]. The fourth-order valence-corrected chi connectivity index (χ4v) is 3.48. The van der Waals surface area contributed by atoms with Crippen LogP contribution in [0.5, 0.6) is 0 Å². The molecule has 2 unspecified atom stereocenters. The van der Waals surface area contributed by atoms with E-state index in [9.17, 15) is 14.9 Å². The van der Waals surface area contributed by atoms with Crippen molar-refractivity contribution in [2.75, 3.05) is 12.3 Å². The van der Waals surface area contributed by atoms with Gasteiger partial charge in [-0.2, -0.15) is 11.8 Å². The van der Waals surface area contributed by atoms with Crippen LogP contribution in [0.4, 0.5) is 5.69 Å². The van der Waals surface area contributed by atoms with Gasteiger partial charge in [0.25, 0.3) is 11.6 Å². The summed E-state index contributed by atoms with van der Waals surface area (Å²) in [4.78, 5) is 24.8. The van der Waals surface area contributed by atoms with Gasteiger partial charge >= 0.3 is 0 Å². The van der Waals surface area contributed by atoms with Gasteiger partial charge in [-0.1, -0.05) is 6.92 Å². The predicted octanol–water partition coefficient (Wildman–Crippen LogP) is 2.87. The lowest BCUT2D eigenvalue weighted by Crippen LogP contribution is -2.47. The molecule has 0 bridgehead atoms. The minimum atomic E-state index is -0.425. The van der Waals surface area contributed by atoms with E-state index in [-0.39, 0.29) is 17.6 Å². The molecule has 1 fully saturated rings. The fourth-order valence-electron chi connectivity index (χ4n) is 2.38. The summed E-state index contributed by atoms with van der Waals surface area (Å²) in [7, 11) is 0. The van der Waals surface area contributed by atoms with E-state index >= 15 is 0 Å². The molecule has 0 radical (unpaired) electrons. The molecule has 1 aromatic rings. The van der Waals surface area contributed by atoms with Crippen molar-refractivity contribution in [3.05, 3.63) is 39.4 Å². The third kappa shape index (κ3) is 2.80. The number of nitrogens with zero attached hydrogens (tertiary/aromatic N) is 2. The van der Waals surface area contributed by atoms with Crippen LogP contribution in [0.1, 0.15) is 29.8 Å². The third-order valence-corrected chi connectivity index (χ3v) is 5.12. The number of hydrogen-bond acceptors (Lipinski definition) is 4. The van der Waals surface area contributed by atoms with Crippen molar-refractivity contribution in [1.29, 1.82) is 0 Å². The second-order valence-electron chi connectivity index (χ2n) is 5.07. The summed E-state index contributed by atoms with van der Waals surface area (Å²) in [6.07, 6.45) is 0. The van der Waals surface area contributed by atoms with Gasteiger partial charge in [0.2, 0.25) is 0 Å². The monoisotopic (exact) mass is 294 g/mol. The van der Waals surface area contributed by atoms with Crippen molar-refractivity contribution >= 4 is 23.4 Å². The van der Waals surface area contributed by atoms with Crippen molar-refractivity contribution in [2.45, 2.75) is 32.1 Å². The van der Waals surface area contributed by atoms with Crippen LogP contribution in [-0.2, 0) is 0 Å². The summed E-state index contributed by atoms with van der Waals surface area (Å²) in [6.45, 7) is 6.56. The molecule has 1 amide bonds. The molecule has 0 spiro atoms. The topological polar surface area (TPSA) is 63.5 Å². The lowest BCUT2D eigenvalue weighted by molar-refractivity contribution is -0.385. The molecular weight excluding hydrogens is 276 g/mol. The van der Waals surface area contributed by atoms with Gasteiger partial charge in [0.15, 0.2) is 0 Å². The molecule has 0 aliphatic carbocycles. The number of thioether (sulfide) groups is 1. The van der Waals surface area contributed by atoms with Crippen molar-refractivity contribution in [3.63, 3.8) is 0 Å². The Bertz CT molecular complexity index is 547. The molecule has 0 N–H and O–H groups in total. The summed E-state index contributed by atoms with van der Waals surface area (Å²) < 4.78 is 0. The molecule has 1 saturated heterocycles. The lowest BCUT2D eigenvalue weighted by atomic mass is 10.1. The molecule has 0 aromatic heterocycles. The van der Waals surface area contributed by atoms with Crippen LogP contribution >= 0.6 is 11.8 Å². The minimum Gasteiger partial charge on any atom is -0.334 e. The summed E-state index contributed by atoms with van der Waals surface area (Å²) in [6, 6.07) is 4.75. The molecule has 1 aliphatic rings. The van der Waals surface area contributed by atoms with Gasteiger partial charge in [0.05, 0.1) is 4.92 Å². The first-order chi connectivity index (χ1) is 9.41. The Morgan fingerprint density at radius 1 is 1.45 bits per heavy atom. The van der Waals surface area contributed by atoms with E-state index in [2.05, 4.69) is 6.92 Å². The Morgan fingerprint density at radius 3 is 2.75 bits per heavy atom. The van der Waals surface area contributed by atoms with E-state index in [1.54, 1.807) is 19.1 Å². The standard InChI is InChI=1S/C14H18N2O3S/c1-9-8-12(4-5-13(9)16(18)19)14(17)15-6-7-20-11(3)10(15)2/h4-5,8,10-11H,6-7H2,1-3H3. The van der Waals surface area contributed by atoms with Gasteiger partial charge in [0.1, 0.15) is 0 Å². The lowest BCUT2D eigenvalue weighted by Gasteiger charge is -2.37. The minimum absolute atomic E-state index is 0.0392. The van der Waals surface area contributed by atoms with Crippen molar-refractivity contribution in [2.24, 2.45) is 0 Å². The highest BCUT2D eigenvalue weighted by atomic mass is 32.2. The summed E-state index contributed by atoms with van der Waals surface area (Å²) >= 11 is 1.87. The molecule has 20 heavy (non-hydrogen) atoms. The van der Waals surface area contributed by atoms with Crippen molar-refractivity contribution in [1.82, 2.24) is 4.90 Å². The quantitative estimate of drug-likeness (QED) is 0.621. The van der Waals surface area contributed by atoms with E-state index < -0.39 is 4.92 Å². The highest BCUT2D eigenvalue weighted by Crippen LogP contribution is 2.26. The number of hydrogen-bond donors (Lipinski definition) is 0. The van der Waals surface area contributed by atoms with E-state index in [0.29, 0.717) is 16.4 Å². The summed E-state index contributed by atoms with van der Waals surface area (Å²) in [5, 5.41) is 11.2. The number of aryl methyl sites for hydroxylation is 1. The summed E-state index contributed by atoms with van der Waals surface area (Å²) in [5.74, 6) is 0.895. The van der Waals surface area contributed by atoms with Crippen LogP contribution in [0.3, 0.4) is 0 Å². The van der Waals surface area contributed by atoms with Gasteiger partial charge in [-0.15, -0.1) is 0 Å². The largest absolute Gasteiger partial charge is 0.334 e. The fraction of sp³-hybridized carbons (Fsp3) is 0.500. The first-order valence-corrected chi connectivity index (χ1v) is 7.64. The second-order valence-corrected chi connectivity index (χ2v) is 6.56. The van der Waals surface area contributed by atoms with Gasteiger partial charge in [-0.25, -0.2) is 0 Å². The number of nitro benzene ring substituents is 1. The number of carbonyl (C=O) groups excluding carboxylic acids is 1. The van der Waals surface area contributed by atoms with Crippen LogP contribution in [0.25, 0.3) is 0 Å². The molecule has 1 aliphatic heterocycles. The smallest absolute Gasteiger partial charge is 0.272 e. The number of rotatable bonds is 2. The molecule has 6 heteroatoms. The molecule has 0 saturated carbocycles.